The van der Waals surface area contributed by atoms with Crippen LogP contribution < -0.4 is 5.73 Å². The SMILES string of the molecule is Cc1cccc2[nH]c(-c3[nH]ncc3N)nc12. The molecule has 1 aromatic carbocycles. The number of para-hydroxylation sites is 1. The molecule has 0 amide bonds. The molecule has 0 unspecified atom stereocenters. The molecule has 0 saturated carbocycles. The Morgan fingerprint density at radius 1 is 1.31 bits per heavy atom. The molecular weight excluding hydrogens is 202 g/mol. The van der Waals surface area contributed by atoms with Gasteiger partial charge in [-0.1, -0.05) is 12.1 Å². The van der Waals surface area contributed by atoms with Crippen LogP contribution in [0.3, 0.4) is 0 Å². The molecule has 3 rings (SSSR count). The summed E-state index contributed by atoms with van der Waals surface area (Å²) in [6.07, 6.45) is 1.58. The quantitative estimate of drug-likeness (QED) is 0.576. The standard InChI is InChI=1S/C11H11N5/c1-6-3-2-4-8-9(6)15-11(14-8)10-7(12)5-13-16-10/h2-5H,12H2,1H3,(H,13,16)(H,14,15). The second kappa shape index (κ2) is 3.10. The van der Waals surface area contributed by atoms with Crippen molar-refractivity contribution in [3.05, 3.63) is 30.0 Å². The minimum absolute atomic E-state index is 0.594. The Balaban J connectivity index is 2.27. The van der Waals surface area contributed by atoms with Crippen LogP contribution in [0.1, 0.15) is 5.56 Å². The number of benzene rings is 1. The number of nitrogens with two attached hydrogens (primary N) is 1. The second-order valence-corrected chi connectivity index (χ2v) is 3.76. The van der Waals surface area contributed by atoms with E-state index in [0.717, 1.165) is 28.1 Å². The first kappa shape index (κ1) is 8.96. The molecule has 0 aliphatic rings. The zero-order chi connectivity index (χ0) is 11.1. The number of nitrogens with zero attached hydrogens (tertiary/aromatic N) is 2. The number of nitrogens with one attached hydrogen (secondary N) is 2. The molecule has 0 fully saturated rings. The lowest BCUT2D eigenvalue weighted by Crippen LogP contribution is -1.88. The molecular formula is C11H11N5. The smallest absolute Gasteiger partial charge is 0.158 e. The van der Waals surface area contributed by atoms with Crippen molar-refractivity contribution in [3.63, 3.8) is 0 Å². The van der Waals surface area contributed by atoms with Gasteiger partial charge in [0.1, 0.15) is 5.69 Å². The summed E-state index contributed by atoms with van der Waals surface area (Å²) < 4.78 is 0. The fourth-order valence-electron chi connectivity index (χ4n) is 1.78. The molecule has 5 nitrogen and oxygen atoms in total. The van der Waals surface area contributed by atoms with Gasteiger partial charge in [0.15, 0.2) is 5.82 Å². The number of hydrogen-bond acceptors (Lipinski definition) is 3. The van der Waals surface area contributed by atoms with Crippen LogP contribution in [-0.4, -0.2) is 20.2 Å². The van der Waals surface area contributed by atoms with Crippen molar-refractivity contribution in [1.29, 1.82) is 0 Å². The van der Waals surface area contributed by atoms with Crippen molar-refractivity contribution < 1.29 is 0 Å². The van der Waals surface area contributed by atoms with Crippen LogP contribution in [0.5, 0.6) is 0 Å². The monoisotopic (exact) mass is 213 g/mol. The molecule has 0 aliphatic heterocycles. The molecule has 0 spiro atoms. The number of rotatable bonds is 1. The van der Waals surface area contributed by atoms with Crippen molar-refractivity contribution in [2.24, 2.45) is 0 Å². The van der Waals surface area contributed by atoms with Crippen LogP contribution in [0.25, 0.3) is 22.6 Å². The molecule has 16 heavy (non-hydrogen) atoms. The summed E-state index contributed by atoms with van der Waals surface area (Å²) in [4.78, 5) is 7.73. The number of H-pyrrole nitrogens is 2. The van der Waals surface area contributed by atoms with Gasteiger partial charge in [-0.15, -0.1) is 0 Å². The van der Waals surface area contributed by atoms with E-state index in [2.05, 4.69) is 20.2 Å². The first-order chi connectivity index (χ1) is 7.75. The summed E-state index contributed by atoms with van der Waals surface area (Å²) in [6.45, 7) is 2.03. The summed E-state index contributed by atoms with van der Waals surface area (Å²) in [7, 11) is 0. The fourth-order valence-corrected chi connectivity index (χ4v) is 1.78. The van der Waals surface area contributed by atoms with E-state index in [9.17, 15) is 0 Å². The third-order valence-corrected chi connectivity index (χ3v) is 2.62. The van der Waals surface area contributed by atoms with Gasteiger partial charge in [-0.05, 0) is 18.6 Å². The van der Waals surface area contributed by atoms with Crippen molar-refractivity contribution in [2.75, 3.05) is 5.73 Å². The van der Waals surface area contributed by atoms with Crippen LogP contribution in [0.2, 0.25) is 0 Å². The summed E-state index contributed by atoms with van der Waals surface area (Å²) in [5.41, 5.74) is 10.2. The van der Waals surface area contributed by atoms with Gasteiger partial charge in [0.25, 0.3) is 0 Å². The van der Waals surface area contributed by atoms with Gasteiger partial charge in [-0.3, -0.25) is 5.10 Å². The van der Waals surface area contributed by atoms with Crippen molar-refractivity contribution in [2.45, 2.75) is 6.92 Å². The number of fused-ring (bicyclic) bond motifs is 1. The van der Waals surface area contributed by atoms with Crippen LogP contribution in [0, 0.1) is 6.92 Å². The largest absolute Gasteiger partial charge is 0.396 e. The molecule has 80 valence electrons. The van der Waals surface area contributed by atoms with E-state index < -0.39 is 0 Å². The highest BCUT2D eigenvalue weighted by Crippen LogP contribution is 2.24. The molecule has 0 aliphatic carbocycles. The van der Waals surface area contributed by atoms with E-state index in [4.69, 9.17) is 5.73 Å². The van der Waals surface area contributed by atoms with Crippen LogP contribution in [0.15, 0.2) is 24.4 Å². The van der Waals surface area contributed by atoms with E-state index in [1.807, 2.05) is 25.1 Å². The van der Waals surface area contributed by atoms with Gasteiger partial charge in [0.2, 0.25) is 0 Å². The highest BCUT2D eigenvalue weighted by molar-refractivity contribution is 5.83. The Labute approximate surface area is 91.7 Å². The first-order valence-corrected chi connectivity index (χ1v) is 5.00. The third-order valence-electron chi connectivity index (χ3n) is 2.62. The minimum Gasteiger partial charge on any atom is -0.396 e. The third kappa shape index (κ3) is 1.18. The van der Waals surface area contributed by atoms with Crippen molar-refractivity contribution in [3.8, 4) is 11.5 Å². The Morgan fingerprint density at radius 2 is 2.19 bits per heavy atom. The molecule has 0 bridgehead atoms. The van der Waals surface area contributed by atoms with E-state index in [1.165, 1.54) is 0 Å². The number of hydrogen-bond donors (Lipinski definition) is 3. The van der Waals surface area contributed by atoms with E-state index in [1.54, 1.807) is 6.20 Å². The number of anilines is 1. The highest BCUT2D eigenvalue weighted by atomic mass is 15.1. The lowest BCUT2D eigenvalue weighted by Gasteiger charge is -1.91. The average molecular weight is 213 g/mol. The zero-order valence-electron chi connectivity index (χ0n) is 8.78. The van der Waals surface area contributed by atoms with Crippen LogP contribution >= 0.6 is 0 Å². The van der Waals surface area contributed by atoms with Crippen molar-refractivity contribution >= 4 is 16.7 Å². The van der Waals surface area contributed by atoms with E-state index in [-0.39, 0.29) is 0 Å². The number of aryl methyl sites for hydroxylation is 1. The molecule has 4 N–H and O–H groups in total. The topological polar surface area (TPSA) is 83.4 Å². The lowest BCUT2D eigenvalue weighted by atomic mass is 10.2. The van der Waals surface area contributed by atoms with Gasteiger partial charge in [0.05, 0.1) is 22.9 Å². The maximum absolute atomic E-state index is 5.78. The molecule has 3 aromatic rings. The van der Waals surface area contributed by atoms with Crippen LogP contribution in [-0.2, 0) is 0 Å². The fraction of sp³-hybridized carbons (Fsp3) is 0.0909. The number of imidazole rings is 1. The van der Waals surface area contributed by atoms with Gasteiger partial charge in [-0.2, -0.15) is 5.10 Å². The van der Waals surface area contributed by atoms with Crippen LogP contribution in [0.4, 0.5) is 5.69 Å². The predicted octanol–water partition coefficient (Wildman–Crippen LogP) is 1.84. The highest BCUT2D eigenvalue weighted by Gasteiger charge is 2.10. The summed E-state index contributed by atoms with van der Waals surface area (Å²) in [5, 5.41) is 6.71. The maximum atomic E-state index is 5.78. The summed E-state index contributed by atoms with van der Waals surface area (Å²) in [6, 6.07) is 6.02. The molecule has 0 atom stereocenters. The van der Waals surface area contributed by atoms with E-state index >= 15 is 0 Å². The van der Waals surface area contributed by atoms with E-state index in [0.29, 0.717) is 5.69 Å². The molecule has 0 saturated heterocycles. The average Bonchev–Trinajstić information content (AvgIpc) is 2.84. The zero-order valence-corrected chi connectivity index (χ0v) is 8.78. The predicted molar refractivity (Wildman–Crippen MR) is 62.8 cm³/mol. The molecule has 0 radical (unpaired) electrons. The molecule has 5 heteroatoms. The Kier molecular flexibility index (Phi) is 1.73. The molecule has 2 aromatic heterocycles. The molecule has 2 heterocycles. The van der Waals surface area contributed by atoms with Gasteiger partial charge in [0, 0.05) is 0 Å². The number of nitrogen functional groups attached to an aromatic ring is 1. The van der Waals surface area contributed by atoms with Gasteiger partial charge in [-0.25, -0.2) is 4.98 Å². The number of aromatic amines is 2. The first-order valence-electron chi connectivity index (χ1n) is 5.00. The lowest BCUT2D eigenvalue weighted by molar-refractivity contribution is 1.08. The number of aromatic nitrogens is 4. The van der Waals surface area contributed by atoms with Gasteiger partial charge < -0.3 is 10.7 Å². The Bertz CT molecular complexity index is 649. The minimum atomic E-state index is 0.594. The second-order valence-electron chi connectivity index (χ2n) is 3.76. The summed E-state index contributed by atoms with van der Waals surface area (Å²) >= 11 is 0. The Hall–Kier alpha value is -2.30. The summed E-state index contributed by atoms with van der Waals surface area (Å²) in [5.74, 6) is 0.722. The Morgan fingerprint density at radius 3 is 2.88 bits per heavy atom. The van der Waals surface area contributed by atoms with Gasteiger partial charge >= 0.3 is 0 Å². The maximum Gasteiger partial charge on any atom is 0.158 e. The van der Waals surface area contributed by atoms with Crippen molar-refractivity contribution in [1.82, 2.24) is 20.2 Å². The normalized spacial score (nSPS) is 11.1.